The number of allylic oxidation sites excluding steroid dienone is 2. The lowest BCUT2D eigenvalue weighted by Crippen LogP contribution is -2.45. The number of rotatable bonds is 14. The highest BCUT2D eigenvalue weighted by Crippen LogP contribution is 2.38. The molecule has 51 heavy (non-hydrogen) atoms. The van der Waals surface area contributed by atoms with E-state index in [2.05, 4.69) is 44.5 Å². The molecule has 0 aliphatic carbocycles. The molecular weight excluding hydrogens is 659 g/mol. The number of ketones is 1. The van der Waals surface area contributed by atoms with E-state index < -0.39 is 20.5 Å². The van der Waals surface area contributed by atoms with E-state index in [-0.39, 0.29) is 53.5 Å². The summed E-state index contributed by atoms with van der Waals surface area (Å²) < 4.78 is 12.1. The number of benzene rings is 2. The molecule has 9 nitrogen and oxygen atoms in total. The Kier molecular flexibility index (Phi) is 14.2. The first kappa shape index (κ1) is 41.4. The maximum absolute atomic E-state index is 14.2. The van der Waals surface area contributed by atoms with Crippen LogP contribution in [0.2, 0.25) is 18.1 Å². The third-order valence-electron chi connectivity index (χ3n) is 10.4. The number of aryl methyl sites for hydroxylation is 2. The summed E-state index contributed by atoms with van der Waals surface area (Å²) in [6.45, 7) is 24.8. The Balaban J connectivity index is 1.68. The smallest absolute Gasteiger partial charge is 0.411 e. The number of anilines is 1. The lowest BCUT2D eigenvalue weighted by Gasteiger charge is -2.38. The van der Waals surface area contributed by atoms with Gasteiger partial charge in [0.2, 0.25) is 5.91 Å². The molecule has 3 rings (SSSR count). The predicted octanol–water partition coefficient (Wildman–Crippen LogP) is 8.66. The van der Waals surface area contributed by atoms with Gasteiger partial charge < -0.3 is 19.4 Å². The Labute approximate surface area is 306 Å². The third kappa shape index (κ3) is 11.2. The lowest BCUT2D eigenvalue weighted by molar-refractivity contribution is -0.130. The third-order valence-corrected chi connectivity index (χ3v) is 14.9. The van der Waals surface area contributed by atoms with Crippen molar-refractivity contribution < 1.29 is 28.3 Å². The molecule has 278 valence electrons. The fourth-order valence-electron chi connectivity index (χ4n) is 5.28. The van der Waals surface area contributed by atoms with Crippen LogP contribution >= 0.6 is 0 Å². The molecule has 0 spiro atoms. The summed E-state index contributed by atoms with van der Waals surface area (Å²) in [5, 5.41) is 5.67. The summed E-state index contributed by atoms with van der Waals surface area (Å²) in [4.78, 5) is 54.2. The molecule has 0 saturated carbocycles. The van der Waals surface area contributed by atoms with Gasteiger partial charge >= 0.3 is 6.09 Å². The zero-order valence-corrected chi connectivity index (χ0v) is 33.7. The van der Waals surface area contributed by atoms with Gasteiger partial charge in [-0.2, -0.15) is 0 Å². The molecule has 2 aromatic carbocycles. The van der Waals surface area contributed by atoms with E-state index >= 15 is 0 Å². The average Bonchev–Trinajstić information content (AvgIpc) is 3.46. The average molecular weight is 718 g/mol. The molecule has 0 radical (unpaired) electrons. The molecule has 1 heterocycles. The van der Waals surface area contributed by atoms with Gasteiger partial charge in [0.1, 0.15) is 6.61 Å². The van der Waals surface area contributed by atoms with Crippen molar-refractivity contribution >= 4 is 37.7 Å². The van der Waals surface area contributed by atoms with Crippen molar-refractivity contribution in [2.75, 3.05) is 11.9 Å². The summed E-state index contributed by atoms with van der Waals surface area (Å²) in [5.74, 6) is -0.424. The Hall–Kier alpha value is -4.02. The number of nitrogens with zero attached hydrogens (tertiary/aromatic N) is 1. The van der Waals surface area contributed by atoms with Gasteiger partial charge in [-0.1, -0.05) is 78.0 Å². The molecule has 3 amide bonds. The zero-order chi connectivity index (χ0) is 38.3. The van der Waals surface area contributed by atoms with E-state index in [4.69, 9.17) is 9.16 Å². The Morgan fingerprint density at radius 2 is 1.59 bits per heavy atom. The van der Waals surface area contributed by atoms with Gasteiger partial charge in [-0.25, -0.2) is 4.79 Å². The van der Waals surface area contributed by atoms with E-state index in [1.165, 1.54) is 0 Å². The van der Waals surface area contributed by atoms with Crippen molar-refractivity contribution in [2.24, 2.45) is 11.8 Å². The zero-order valence-electron chi connectivity index (χ0n) is 32.7. The molecule has 1 aliphatic heterocycles. The van der Waals surface area contributed by atoms with Gasteiger partial charge in [-0.05, 0) is 98.1 Å². The largest absolute Gasteiger partial charge is 0.444 e. The first-order valence-electron chi connectivity index (χ1n) is 18.0. The van der Waals surface area contributed by atoms with E-state index in [1.54, 1.807) is 30.0 Å². The summed E-state index contributed by atoms with van der Waals surface area (Å²) in [6.07, 6.45) is 6.05. The second-order valence-electron chi connectivity index (χ2n) is 15.8. The number of Topliss-reactive ketones (excluding diaryl/α,β-unsaturated/α-hetero) is 1. The quantitative estimate of drug-likeness (QED) is 0.189. The van der Waals surface area contributed by atoms with E-state index in [9.17, 15) is 19.2 Å². The highest BCUT2D eigenvalue weighted by atomic mass is 28.4. The second-order valence-corrected chi connectivity index (χ2v) is 20.6. The Morgan fingerprint density at radius 3 is 2.18 bits per heavy atom. The van der Waals surface area contributed by atoms with Crippen LogP contribution in [-0.2, 0) is 31.8 Å². The highest BCUT2D eigenvalue weighted by molar-refractivity contribution is 6.74. The number of hydrogen-bond acceptors (Lipinski definition) is 6. The first-order valence-corrected chi connectivity index (χ1v) is 20.9. The molecule has 0 aromatic heterocycles. The number of hydrogen-bond donors (Lipinski definition) is 2. The van der Waals surface area contributed by atoms with Crippen molar-refractivity contribution in [3.8, 4) is 0 Å². The standard InChI is InChI=1S/C41H59N3O6Si/c1-13-14-33-21-34(25-50-51(11,12)41(8,9)10)44(23-33)39(47)35-19-27(4)28(5)20-36(35)43-40(48)49-24-32-17-15-31(16-18-32)22-37(45)30(7)42-38(46)29(6)26(2)3/h13-20,23,26,29-30,34H,21-22,24-25H2,1-12H3,(H,42,46)(H,43,48)/b14-13+/t29-,30-,34-/m0/s1. The van der Waals surface area contributed by atoms with Crippen LogP contribution in [0.3, 0.4) is 0 Å². The van der Waals surface area contributed by atoms with Crippen molar-refractivity contribution in [3.05, 3.63) is 88.1 Å². The van der Waals surface area contributed by atoms with Crippen LogP contribution in [0.4, 0.5) is 10.5 Å². The SMILES string of the molecule is C/C=C/C1=CN(C(=O)c2cc(C)c(C)cc2NC(=O)OCc2ccc(CC(=O)[C@H](C)NC(=O)[C@@H](C)C(C)C)cc2)[C@H](CO[Si](C)(C)C(C)(C)C)C1. The van der Waals surface area contributed by atoms with Gasteiger partial charge in [0.05, 0.1) is 29.9 Å². The first-order chi connectivity index (χ1) is 23.7. The van der Waals surface area contributed by atoms with Gasteiger partial charge in [0.25, 0.3) is 5.91 Å². The maximum atomic E-state index is 14.2. The van der Waals surface area contributed by atoms with Crippen molar-refractivity contribution in [2.45, 2.75) is 119 Å². The molecule has 2 N–H and O–H groups in total. The normalized spacial score (nSPS) is 16.2. The van der Waals surface area contributed by atoms with Crippen LogP contribution in [-0.4, -0.2) is 55.6 Å². The summed E-state index contributed by atoms with van der Waals surface area (Å²) in [7, 11) is -2.05. The van der Waals surface area contributed by atoms with Crippen molar-refractivity contribution in [3.63, 3.8) is 0 Å². The monoisotopic (exact) mass is 717 g/mol. The fraction of sp³-hybridized carbons (Fsp3) is 0.512. The molecule has 1 aliphatic rings. The van der Waals surface area contributed by atoms with Gasteiger partial charge in [0.15, 0.2) is 14.1 Å². The minimum Gasteiger partial charge on any atom is -0.444 e. The van der Waals surface area contributed by atoms with E-state index in [0.717, 1.165) is 27.8 Å². The van der Waals surface area contributed by atoms with E-state index in [1.807, 2.05) is 78.1 Å². The molecular formula is C41H59N3O6Si. The number of ether oxygens (including phenoxy) is 1. The minimum absolute atomic E-state index is 0.00216. The van der Waals surface area contributed by atoms with Gasteiger partial charge in [-0.3, -0.25) is 19.7 Å². The molecule has 0 unspecified atom stereocenters. The molecule has 10 heteroatoms. The van der Waals surface area contributed by atoms with Crippen LogP contribution < -0.4 is 10.6 Å². The van der Waals surface area contributed by atoms with Crippen molar-refractivity contribution in [1.29, 1.82) is 0 Å². The number of carbonyl (C=O) groups excluding carboxylic acids is 4. The number of amides is 3. The van der Waals surface area contributed by atoms with Crippen LogP contribution in [0.1, 0.15) is 94.4 Å². The molecule has 2 aromatic rings. The van der Waals surface area contributed by atoms with Crippen LogP contribution in [0.25, 0.3) is 0 Å². The van der Waals surface area contributed by atoms with Gasteiger partial charge in [-0.15, -0.1) is 0 Å². The minimum atomic E-state index is -2.05. The van der Waals surface area contributed by atoms with Gasteiger partial charge in [0, 0.05) is 18.5 Å². The van der Waals surface area contributed by atoms with Crippen LogP contribution in [0, 0.1) is 25.7 Å². The summed E-state index contributed by atoms with van der Waals surface area (Å²) in [5.41, 5.74) is 5.20. The molecule has 0 saturated heterocycles. The molecule has 0 fully saturated rings. The fourth-order valence-corrected chi connectivity index (χ4v) is 6.33. The summed E-state index contributed by atoms with van der Waals surface area (Å²) >= 11 is 0. The van der Waals surface area contributed by atoms with E-state index in [0.29, 0.717) is 24.3 Å². The van der Waals surface area contributed by atoms with Crippen LogP contribution in [0.15, 0.2) is 60.3 Å². The topological polar surface area (TPSA) is 114 Å². The maximum Gasteiger partial charge on any atom is 0.411 e. The van der Waals surface area contributed by atoms with Crippen LogP contribution in [0.5, 0.6) is 0 Å². The summed E-state index contributed by atoms with van der Waals surface area (Å²) in [6, 6.07) is 10.1. The molecule has 0 bridgehead atoms. The Morgan fingerprint density at radius 1 is 0.980 bits per heavy atom. The lowest BCUT2D eigenvalue weighted by atomic mass is 9.96. The predicted molar refractivity (Wildman–Crippen MR) is 207 cm³/mol. The second kappa shape index (κ2) is 17.5. The Bertz CT molecular complexity index is 1640. The number of nitrogens with one attached hydrogen (secondary N) is 2. The molecule has 3 atom stereocenters. The van der Waals surface area contributed by atoms with Crippen molar-refractivity contribution in [1.82, 2.24) is 10.2 Å². The highest BCUT2D eigenvalue weighted by Gasteiger charge is 2.39. The number of carbonyl (C=O) groups is 4.